The highest BCUT2D eigenvalue weighted by atomic mass is 35.5. The first-order valence-corrected chi connectivity index (χ1v) is 8.10. The number of aromatic amines is 1. The molecule has 0 bridgehead atoms. The van der Waals surface area contributed by atoms with Crippen molar-refractivity contribution in [1.82, 2.24) is 14.9 Å². The van der Waals surface area contributed by atoms with Gasteiger partial charge >= 0.3 is 0 Å². The van der Waals surface area contributed by atoms with Gasteiger partial charge in [-0.3, -0.25) is 9.69 Å². The SMILES string of the molecule is CC(C)c1nc2c(c(=O)[nH]1)CN(Cc1c(F)cccc1Cl)CC2. The summed E-state index contributed by atoms with van der Waals surface area (Å²) in [6.07, 6.45) is 0.686. The second kappa shape index (κ2) is 6.42. The molecule has 6 heteroatoms. The van der Waals surface area contributed by atoms with E-state index in [2.05, 4.69) is 9.97 Å². The number of rotatable bonds is 3. The monoisotopic (exact) mass is 335 g/mol. The maximum Gasteiger partial charge on any atom is 0.255 e. The Labute approximate surface area is 139 Å². The predicted octanol–water partition coefficient (Wildman–Crippen LogP) is 3.24. The second-order valence-corrected chi connectivity index (χ2v) is 6.60. The average molecular weight is 336 g/mol. The maximum absolute atomic E-state index is 13.9. The summed E-state index contributed by atoms with van der Waals surface area (Å²) < 4.78 is 13.9. The van der Waals surface area contributed by atoms with Crippen LogP contribution in [0.2, 0.25) is 5.02 Å². The Morgan fingerprint density at radius 1 is 1.43 bits per heavy atom. The minimum absolute atomic E-state index is 0.0944. The lowest BCUT2D eigenvalue weighted by atomic mass is 10.0. The zero-order valence-corrected chi connectivity index (χ0v) is 14.0. The molecule has 0 atom stereocenters. The van der Waals surface area contributed by atoms with Crippen LogP contribution in [0, 0.1) is 5.82 Å². The molecule has 1 aliphatic heterocycles. The van der Waals surface area contributed by atoms with Crippen molar-refractivity contribution in [3.8, 4) is 0 Å². The summed E-state index contributed by atoms with van der Waals surface area (Å²) in [4.78, 5) is 21.7. The molecule has 0 fully saturated rings. The molecular weight excluding hydrogens is 317 g/mol. The number of fused-ring (bicyclic) bond motifs is 1. The van der Waals surface area contributed by atoms with Gasteiger partial charge in [0.25, 0.3) is 5.56 Å². The molecule has 122 valence electrons. The van der Waals surface area contributed by atoms with Crippen LogP contribution in [0.15, 0.2) is 23.0 Å². The number of hydrogen-bond acceptors (Lipinski definition) is 3. The number of H-pyrrole nitrogens is 1. The molecule has 0 saturated heterocycles. The first-order chi connectivity index (χ1) is 11.0. The van der Waals surface area contributed by atoms with E-state index in [0.717, 1.165) is 18.1 Å². The summed E-state index contributed by atoms with van der Waals surface area (Å²) in [5.74, 6) is 0.591. The molecule has 1 aromatic carbocycles. The van der Waals surface area contributed by atoms with Gasteiger partial charge in [-0.05, 0) is 12.1 Å². The molecule has 23 heavy (non-hydrogen) atoms. The number of benzene rings is 1. The van der Waals surface area contributed by atoms with Gasteiger partial charge in [-0.2, -0.15) is 0 Å². The van der Waals surface area contributed by atoms with Crippen LogP contribution in [0.25, 0.3) is 0 Å². The van der Waals surface area contributed by atoms with Crippen LogP contribution in [0.3, 0.4) is 0 Å². The van der Waals surface area contributed by atoms with Gasteiger partial charge in [0.1, 0.15) is 11.6 Å². The molecule has 1 aliphatic rings. The lowest BCUT2D eigenvalue weighted by Crippen LogP contribution is -2.36. The van der Waals surface area contributed by atoms with Crippen LogP contribution in [0.1, 0.15) is 42.4 Å². The Morgan fingerprint density at radius 2 is 2.22 bits per heavy atom. The molecule has 2 heterocycles. The molecule has 1 aromatic heterocycles. The van der Waals surface area contributed by atoms with E-state index in [-0.39, 0.29) is 17.3 Å². The number of aromatic nitrogens is 2. The van der Waals surface area contributed by atoms with Crippen LogP contribution in [0.4, 0.5) is 4.39 Å². The second-order valence-electron chi connectivity index (χ2n) is 6.19. The number of nitrogens with zero attached hydrogens (tertiary/aromatic N) is 2. The van der Waals surface area contributed by atoms with Gasteiger partial charge in [0.05, 0.1) is 11.3 Å². The largest absolute Gasteiger partial charge is 0.310 e. The molecular formula is C17H19ClFN3O. The first kappa shape index (κ1) is 16.1. The first-order valence-electron chi connectivity index (χ1n) is 7.73. The standard InChI is InChI=1S/C17H19ClFN3O/c1-10(2)16-20-15-6-7-22(9-12(15)17(23)21-16)8-11-13(18)4-3-5-14(11)19/h3-5,10H,6-9H2,1-2H3,(H,20,21,23). The summed E-state index contributed by atoms with van der Waals surface area (Å²) in [6.45, 7) is 5.57. The van der Waals surface area contributed by atoms with E-state index in [0.29, 0.717) is 35.7 Å². The third-order valence-electron chi connectivity index (χ3n) is 4.16. The van der Waals surface area contributed by atoms with Gasteiger partial charge in [0.15, 0.2) is 0 Å². The number of halogens is 2. The molecule has 0 saturated carbocycles. The zero-order chi connectivity index (χ0) is 16.6. The normalized spacial score (nSPS) is 15.0. The summed E-state index contributed by atoms with van der Waals surface area (Å²) in [6, 6.07) is 4.68. The summed E-state index contributed by atoms with van der Waals surface area (Å²) in [7, 11) is 0. The smallest absolute Gasteiger partial charge is 0.255 e. The highest BCUT2D eigenvalue weighted by Gasteiger charge is 2.23. The van der Waals surface area contributed by atoms with Crippen molar-refractivity contribution < 1.29 is 4.39 Å². The van der Waals surface area contributed by atoms with E-state index >= 15 is 0 Å². The Bertz CT molecular complexity index is 768. The molecule has 0 spiro atoms. The molecule has 0 amide bonds. The molecule has 0 unspecified atom stereocenters. The average Bonchev–Trinajstić information content (AvgIpc) is 2.51. The van der Waals surface area contributed by atoms with Crippen LogP contribution in [-0.2, 0) is 19.5 Å². The van der Waals surface area contributed by atoms with Crippen molar-refractivity contribution in [2.45, 2.75) is 39.3 Å². The fraction of sp³-hybridized carbons (Fsp3) is 0.412. The number of hydrogen-bond donors (Lipinski definition) is 1. The van der Waals surface area contributed by atoms with Crippen molar-refractivity contribution in [2.24, 2.45) is 0 Å². The predicted molar refractivity (Wildman–Crippen MR) is 88.2 cm³/mol. The van der Waals surface area contributed by atoms with E-state index in [4.69, 9.17) is 11.6 Å². The van der Waals surface area contributed by atoms with Crippen molar-refractivity contribution in [3.63, 3.8) is 0 Å². The third-order valence-corrected chi connectivity index (χ3v) is 4.51. The van der Waals surface area contributed by atoms with Crippen molar-refractivity contribution in [2.75, 3.05) is 6.54 Å². The lowest BCUT2D eigenvalue weighted by molar-refractivity contribution is 0.238. The van der Waals surface area contributed by atoms with E-state index < -0.39 is 0 Å². The topological polar surface area (TPSA) is 49.0 Å². The quantitative estimate of drug-likeness (QED) is 0.936. The summed E-state index contributed by atoms with van der Waals surface area (Å²) in [5, 5.41) is 0.415. The van der Waals surface area contributed by atoms with Gasteiger partial charge < -0.3 is 4.98 Å². The zero-order valence-electron chi connectivity index (χ0n) is 13.2. The lowest BCUT2D eigenvalue weighted by Gasteiger charge is -2.28. The highest BCUT2D eigenvalue weighted by molar-refractivity contribution is 6.31. The van der Waals surface area contributed by atoms with Crippen molar-refractivity contribution in [3.05, 3.63) is 62.0 Å². The molecule has 4 nitrogen and oxygen atoms in total. The highest BCUT2D eigenvalue weighted by Crippen LogP contribution is 2.23. The summed E-state index contributed by atoms with van der Waals surface area (Å²) in [5.41, 5.74) is 1.91. The van der Waals surface area contributed by atoms with Crippen LogP contribution in [0.5, 0.6) is 0 Å². The minimum Gasteiger partial charge on any atom is -0.310 e. The Balaban J connectivity index is 1.85. The molecule has 2 aromatic rings. The van der Waals surface area contributed by atoms with E-state index in [1.54, 1.807) is 12.1 Å². The maximum atomic E-state index is 13.9. The van der Waals surface area contributed by atoms with Crippen molar-refractivity contribution in [1.29, 1.82) is 0 Å². The van der Waals surface area contributed by atoms with E-state index in [1.165, 1.54) is 6.07 Å². The fourth-order valence-corrected chi connectivity index (χ4v) is 3.04. The van der Waals surface area contributed by atoms with Gasteiger partial charge in [0.2, 0.25) is 0 Å². The third kappa shape index (κ3) is 3.31. The Kier molecular flexibility index (Phi) is 4.50. The van der Waals surface area contributed by atoms with E-state index in [9.17, 15) is 9.18 Å². The van der Waals surface area contributed by atoms with Crippen LogP contribution >= 0.6 is 11.6 Å². The van der Waals surface area contributed by atoms with Gasteiger partial charge in [0, 0.05) is 42.6 Å². The Morgan fingerprint density at radius 3 is 2.91 bits per heavy atom. The minimum atomic E-state index is -0.314. The van der Waals surface area contributed by atoms with Gasteiger partial charge in [-0.1, -0.05) is 31.5 Å². The molecule has 3 rings (SSSR count). The summed E-state index contributed by atoms with van der Waals surface area (Å²) >= 11 is 6.09. The number of nitrogens with one attached hydrogen (secondary N) is 1. The molecule has 0 radical (unpaired) electrons. The fourth-order valence-electron chi connectivity index (χ4n) is 2.82. The Hall–Kier alpha value is -1.72. The van der Waals surface area contributed by atoms with Gasteiger partial charge in [-0.15, -0.1) is 0 Å². The van der Waals surface area contributed by atoms with E-state index in [1.807, 2.05) is 18.7 Å². The molecule has 0 aliphatic carbocycles. The van der Waals surface area contributed by atoms with Crippen LogP contribution < -0.4 is 5.56 Å². The van der Waals surface area contributed by atoms with Crippen molar-refractivity contribution >= 4 is 11.6 Å². The van der Waals surface area contributed by atoms with Crippen LogP contribution in [-0.4, -0.2) is 21.4 Å². The molecule has 1 N–H and O–H groups in total. The van der Waals surface area contributed by atoms with Gasteiger partial charge in [-0.25, -0.2) is 9.37 Å².